The second kappa shape index (κ2) is 8.90. The summed E-state index contributed by atoms with van der Waals surface area (Å²) in [5, 5.41) is 0. The van der Waals surface area contributed by atoms with Crippen molar-refractivity contribution in [2.24, 2.45) is 0 Å². The van der Waals surface area contributed by atoms with Gasteiger partial charge in [-0.2, -0.15) is 0 Å². The lowest BCUT2D eigenvalue weighted by atomic mass is 10.1. The van der Waals surface area contributed by atoms with E-state index in [1.54, 1.807) is 23.2 Å². The summed E-state index contributed by atoms with van der Waals surface area (Å²) in [5.41, 5.74) is 0.340. The SMILES string of the molecule is CC(C)(C)OC(=O)N1CCCN(c2cccc(C(=O)c3cncc(Br)c3)n2)CC1. The summed E-state index contributed by atoms with van der Waals surface area (Å²) in [4.78, 5) is 37.6. The Bertz CT molecular complexity index is 897. The maximum absolute atomic E-state index is 12.8. The third-order valence-corrected chi connectivity index (χ3v) is 4.84. The van der Waals surface area contributed by atoms with E-state index in [1.807, 2.05) is 32.9 Å². The Hall–Kier alpha value is -2.48. The third kappa shape index (κ3) is 5.76. The average molecular weight is 461 g/mol. The quantitative estimate of drug-likeness (QED) is 0.646. The fourth-order valence-electron chi connectivity index (χ4n) is 3.07. The van der Waals surface area contributed by atoms with Crippen LogP contribution in [0.2, 0.25) is 0 Å². The minimum absolute atomic E-state index is 0.175. The number of carbonyl (C=O) groups is 2. The highest BCUT2D eigenvalue weighted by Gasteiger charge is 2.25. The van der Waals surface area contributed by atoms with Gasteiger partial charge in [-0.3, -0.25) is 9.78 Å². The first-order chi connectivity index (χ1) is 13.7. The second-order valence-electron chi connectivity index (χ2n) is 7.91. The highest BCUT2D eigenvalue weighted by atomic mass is 79.9. The molecule has 1 fully saturated rings. The molecule has 0 radical (unpaired) electrons. The second-order valence-corrected chi connectivity index (χ2v) is 8.83. The lowest BCUT2D eigenvalue weighted by Gasteiger charge is -2.26. The Balaban J connectivity index is 1.71. The molecule has 0 spiro atoms. The minimum Gasteiger partial charge on any atom is -0.444 e. The van der Waals surface area contributed by atoms with Crippen molar-refractivity contribution >= 4 is 33.6 Å². The van der Waals surface area contributed by atoms with Crippen LogP contribution >= 0.6 is 15.9 Å². The number of rotatable bonds is 3. The highest BCUT2D eigenvalue weighted by Crippen LogP contribution is 2.19. The van der Waals surface area contributed by atoms with Crippen molar-refractivity contribution in [1.82, 2.24) is 14.9 Å². The maximum atomic E-state index is 12.8. The van der Waals surface area contributed by atoms with Crippen molar-refractivity contribution in [3.8, 4) is 0 Å². The topological polar surface area (TPSA) is 75.6 Å². The Labute approximate surface area is 179 Å². The van der Waals surface area contributed by atoms with Crippen molar-refractivity contribution < 1.29 is 14.3 Å². The van der Waals surface area contributed by atoms with Crippen LogP contribution in [0.1, 0.15) is 43.2 Å². The molecule has 154 valence electrons. The smallest absolute Gasteiger partial charge is 0.410 e. The summed E-state index contributed by atoms with van der Waals surface area (Å²) in [6.07, 6.45) is 3.67. The first-order valence-corrected chi connectivity index (χ1v) is 10.4. The van der Waals surface area contributed by atoms with E-state index < -0.39 is 5.60 Å². The van der Waals surface area contributed by atoms with Gasteiger partial charge in [0.05, 0.1) is 0 Å². The Kier molecular flexibility index (Phi) is 6.52. The largest absolute Gasteiger partial charge is 0.444 e. The van der Waals surface area contributed by atoms with Crippen LogP contribution in [0.15, 0.2) is 41.1 Å². The van der Waals surface area contributed by atoms with Crippen LogP contribution in [0.3, 0.4) is 0 Å². The number of ketones is 1. The normalized spacial score (nSPS) is 15.0. The molecule has 2 aromatic heterocycles. The van der Waals surface area contributed by atoms with Crippen molar-refractivity contribution in [2.75, 3.05) is 31.1 Å². The third-order valence-electron chi connectivity index (χ3n) is 4.41. The molecule has 0 bridgehead atoms. The summed E-state index contributed by atoms with van der Waals surface area (Å²) in [6.45, 7) is 8.15. The molecule has 29 heavy (non-hydrogen) atoms. The summed E-state index contributed by atoms with van der Waals surface area (Å²) < 4.78 is 6.23. The molecule has 8 heteroatoms. The number of nitrogens with zero attached hydrogens (tertiary/aromatic N) is 4. The van der Waals surface area contributed by atoms with E-state index in [1.165, 1.54) is 6.20 Å². The van der Waals surface area contributed by atoms with Crippen molar-refractivity contribution in [2.45, 2.75) is 32.8 Å². The summed E-state index contributed by atoms with van der Waals surface area (Å²) in [6, 6.07) is 7.16. The Morgan fingerprint density at radius 3 is 2.62 bits per heavy atom. The number of hydrogen-bond donors (Lipinski definition) is 0. The zero-order chi connectivity index (χ0) is 21.0. The summed E-state index contributed by atoms with van der Waals surface area (Å²) in [5.74, 6) is 0.552. The first-order valence-electron chi connectivity index (χ1n) is 9.58. The number of anilines is 1. The lowest BCUT2D eigenvalue weighted by molar-refractivity contribution is 0.0263. The van der Waals surface area contributed by atoms with Crippen molar-refractivity contribution in [3.05, 3.63) is 52.4 Å². The molecule has 0 unspecified atom stereocenters. The number of ether oxygens (including phenoxy) is 1. The van der Waals surface area contributed by atoms with E-state index in [0.29, 0.717) is 30.9 Å². The fraction of sp³-hybridized carbons (Fsp3) is 0.429. The van der Waals surface area contributed by atoms with Gasteiger partial charge in [0.15, 0.2) is 0 Å². The van der Waals surface area contributed by atoms with Crippen LogP contribution in [0.4, 0.5) is 10.6 Å². The Morgan fingerprint density at radius 2 is 1.90 bits per heavy atom. The molecule has 7 nitrogen and oxygen atoms in total. The van der Waals surface area contributed by atoms with Crippen LogP contribution in [0.5, 0.6) is 0 Å². The van der Waals surface area contributed by atoms with E-state index in [-0.39, 0.29) is 11.9 Å². The van der Waals surface area contributed by atoms with E-state index in [2.05, 4.69) is 30.8 Å². The Morgan fingerprint density at radius 1 is 1.10 bits per heavy atom. The van der Waals surface area contributed by atoms with Gasteiger partial charge in [0.25, 0.3) is 0 Å². The molecule has 3 heterocycles. The van der Waals surface area contributed by atoms with Crippen molar-refractivity contribution in [3.63, 3.8) is 0 Å². The molecule has 3 rings (SSSR count). The van der Waals surface area contributed by atoms with E-state index in [9.17, 15) is 9.59 Å². The molecule has 0 aliphatic carbocycles. The number of hydrogen-bond acceptors (Lipinski definition) is 6. The fourth-order valence-corrected chi connectivity index (χ4v) is 3.43. The first kappa shape index (κ1) is 21.2. The van der Waals surface area contributed by atoms with Gasteiger partial charge in [0.2, 0.25) is 5.78 Å². The molecular weight excluding hydrogens is 436 g/mol. The van der Waals surface area contributed by atoms with Gasteiger partial charge in [0.1, 0.15) is 17.1 Å². The molecule has 0 saturated carbocycles. The van der Waals surface area contributed by atoms with E-state index >= 15 is 0 Å². The number of amides is 1. The predicted molar refractivity (Wildman–Crippen MR) is 114 cm³/mol. The van der Waals surface area contributed by atoms with E-state index in [0.717, 1.165) is 23.3 Å². The average Bonchev–Trinajstić information content (AvgIpc) is 2.92. The van der Waals surface area contributed by atoms with Gasteiger partial charge in [-0.1, -0.05) is 6.07 Å². The van der Waals surface area contributed by atoms with Crippen LogP contribution in [-0.2, 0) is 4.74 Å². The molecular formula is C21H25BrN4O3. The lowest BCUT2D eigenvalue weighted by Crippen LogP contribution is -2.39. The number of pyridine rings is 2. The van der Waals surface area contributed by atoms with Gasteiger partial charge >= 0.3 is 6.09 Å². The number of aromatic nitrogens is 2. The van der Waals surface area contributed by atoms with Crippen LogP contribution in [0, 0.1) is 0 Å². The molecule has 1 amide bonds. The maximum Gasteiger partial charge on any atom is 0.410 e. The highest BCUT2D eigenvalue weighted by molar-refractivity contribution is 9.10. The zero-order valence-corrected chi connectivity index (χ0v) is 18.5. The molecule has 0 aromatic carbocycles. The van der Waals surface area contributed by atoms with E-state index in [4.69, 9.17) is 4.74 Å². The van der Waals surface area contributed by atoms with Crippen LogP contribution < -0.4 is 4.90 Å². The monoisotopic (exact) mass is 460 g/mol. The molecule has 2 aromatic rings. The van der Waals surface area contributed by atoms with Crippen LogP contribution in [-0.4, -0.2) is 58.5 Å². The molecule has 1 aliphatic rings. The van der Waals surface area contributed by atoms with Gasteiger partial charge in [-0.15, -0.1) is 0 Å². The predicted octanol–water partition coefficient (Wildman–Crippen LogP) is 3.92. The summed E-state index contributed by atoms with van der Waals surface area (Å²) >= 11 is 3.34. The zero-order valence-electron chi connectivity index (χ0n) is 16.9. The standard InChI is InChI=1S/C21H25BrN4O3/c1-21(2,3)29-20(28)26-9-5-8-25(10-11-26)18-7-4-6-17(24-18)19(27)15-12-16(22)14-23-13-15/h4,6-7,12-14H,5,8-11H2,1-3H3. The van der Waals surface area contributed by atoms with Crippen molar-refractivity contribution in [1.29, 1.82) is 0 Å². The van der Waals surface area contributed by atoms with Gasteiger partial charge in [0, 0.05) is 48.6 Å². The number of carbonyl (C=O) groups excluding carboxylic acids is 2. The van der Waals surface area contributed by atoms with Gasteiger partial charge in [-0.25, -0.2) is 9.78 Å². The molecule has 0 atom stereocenters. The summed E-state index contributed by atoms with van der Waals surface area (Å²) in [7, 11) is 0. The molecule has 1 saturated heterocycles. The molecule has 1 aliphatic heterocycles. The molecule has 0 N–H and O–H groups in total. The minimum atomic E-state index is -0.513. The van der Waals surface area contributed by atoms with Crippen LogP contribution in [0.25, 0.3) is 0 Å². The van der Waals surface area contributed by atoms with Gasteiger partial charge < -0.3 is 14.5 Å². The van der Waals surface area contributed by atoms with Gasteiger partial charge in [-0.05, 0) is 61.3 Å². The number of halogens is 1.